The van der Waals surface area contributed by atoms with Crippen molar-refractivity contribution in [3.63, 3.8) is 0 Å². The number of ether oxygens (including phenoxy) is 3. The molecule has 1 N–H and O–H groups in total. The lowest BCUT2D eigenvalue weighted by atomic mass is 10.2. The maximum atomic E-state index is 12.7. The van der Waals surface area contributed by atoms with Crippen LogP contribution in [0.4, 0.5) is 5.69 Å². The van der Waals surface area contributed by atoms with Crippen LogP contribution in [0.5, 0.6) is 17.2 Å². The van der Waals surface area contributed by atoms with Gasteiger partial charge in [0, 0.05) is 20.6 Å². The second kappa shape index (κ2) is 12.6. The Bertz CT molecular complexity index is 1350. The zero-order chi connectivity index (χ0) is 26.2. The number of rotatable bonds is 9. The predicted molar refractivity (Wildman–Crippen MR) is 142 cm³/mol. The van der Waals surface area contributed by atoms with E-state index in [-0.39, 0.29) is 22.7 Å². The van der Waals surface area contributed by atoms with Crippen LogP contribution >= 0.6 is 47.8 Å². The van der Waals surface area contributed by atoms with E-state index in [0.29, 0.717) is 24.7 Å². The van der Waals surface area contributed by atoms with Crippen molar-refractivity contribution in [3.05, 3.63) is 89.3 Å². The highest BCUT2D eigenvalue weighted by atomic mass is 79.9. The summed E-state index contributed by atoms with van der Waals surface area (Å²) in [5, 5.41) is 15.0. The number of carbonyl (C=O) groups excluding carboxylic acids is 2. The van der Waals surface area contributed by atoms with Gasteiger partial charge in [-0.1, -0.05) is 37.9 Å². The molecule has 0 fully saturated rings. The number of amides is 1. The Morgan fingerprint density at radius 3 is 2.58 bits per heavy atom. The fourth-order valence-electron chi connectivity index (χ4n) is 2.79. The summed E-state index contributed by atoms with van der Waals surface area (Å²) in [6, 6.07) is 14.0. The van der Waals surface area contributed by atoms with Gasteiger partial charge in [0.05, 0.1) is 28.3 Å². The summed E-state index contributed by atoms with van der Waals surface area (Å²) in [5.41, 5.74) is 2.63. The molecule has 0 bridgehead atoms. The van der Waals surface area contributed by atoms with Crippen molar-refractivity contribution < 1.29 is 28.7 Å². The Balaban J connectivity index is 1.70. The summed E-state index contributed by atoms with van der Waals surface area (Å²) in [7, 11) is 1.49. The van der Waals surface area contributed by atoms with Crippen molar-refractivity contribution in [2.24, 2.45) is 5.10 Å². The lowest BCUT2D eigenvalue weighted by Gasteiger charge is -2.11. The predicted octanol–water partition coefficient (Wildman–Crippen LogP) is 5.64. The lowest BCUT2D eigenvalue weighted by Crippen LogP contribution is -2.24. The number of nitrogens with one attached hydrogen (secondary N) is 1. The summed E-state index contributed by atoms with van der Waals surface area (Å²) in [5.74, 6) is -0.678. The molecule has 3 aromatic rings. The van der Waals surface area contributed by atoms with E-state index < -0.39 is 23.4 Å². The molecule has 13 heteroatoms. The first-order chi connectivity index (χ1) is 17.2. The van der Waals surface area contributed by atoms with Crippen LogP contribution in [0.25, 0.3) is 0 Å². The van der Waals surface area contributed by atoms with E-state index in [1.807, 2.05) is 0 Å². The van der Waals surface area contributed by atoms with E-state index in [2.05, 4.69) is 58.3 Å². The van der Waals surface area contributed by atoms with Gasteiger partial charge in [0.25, 0.3) is 5.91 Å². The molecule has 0 aliphatic heterocycles. The molecule has 10 nitrogen and oxygen atoms in total. The second-order valence-electron chi connectivity index (χ2n) is 6.88. The average Bonchev–Trinajstić information content (AvgIpc) is 2.85. The van der Waals surface area contributed by atoms with Gasteiger partial charge in [0.2, 0.25) is 0 Å². The molecule has 3 aromatic carbocycles. The van der Waals surface area contributed by atoms with Gasteiger partial charge in [-0.25, -0.2) is 10.2 Å². The fraction of sp³-hybridized carbons (Fsp3) is 0.0870. The molecule has 186 valence electrons. The first-order valence-corrected chi connectivity index (χ1v) is 12.3. The third-order valence-corrected chi connectivity index (χ3v) is 5.95. The Morgan fingerprint density at radius 2 is 1.86 bits per heavy atom. The minimum atomic E-state index is -0.660. The van der Waals surface area contributed by atoms with Crippen LogP contribution in [0.2, 0.25) is 0 Å². The molecule has 1 amide bonds. The van der Waals surface area contributed by atoms with Gasteiger partial charge in [-0.2, -0.15) is 5.10 Å². The van der Waals surface area contributed by atoms with Gasteiger partial charge in [0.15, 0.2) is 18.1 Å². The molecular formula is C23H16Br3N3O7. The van der Waals surface area contributed by atoms with E-state index in [1.54, 1.807) is 42.5 Å². The summed E-state index contributed by atoms with van der Waals surface area (Å²) in [6.07, 6.45) is 1.28. The van der Waals surface area contributed by atoms with E-state index in [1.165, 1.54) is 25.5 Å². The molecule has 0 spiro atoms. The Kier molecular flexibility index (Phi) is 9.56. The third-order valence-electron chi connectivity index (χ3n) is 4.41. The molecule has 0 unspecified atom stereocenters. The van der Waals surface area contributed by atoms with Crippen LogP contribution in [-0.4, -0.2) is 36.7 Å². The number of hydrogen-bond acceptors (Lipinski definition) is 8. The maximum absolute atomic E-state index is 12.7. The van der Waals surface area contributed by atoms with E-state index in [9.17, 15) is 19.7 Å². The van der Waals surface area contributed by atoms with Crippen LogP contribution in [-0.2, 0) is 4.79 Å². The zero-order valence-electron chi connectivity index (χ0n) is 18.4. The third kappa shape index (κ3) is 7.35. The van der Waals surface area contributed by atoms with Crippen molar-refractivity contribution in [3.8, 4) is 17.2 Å². The lowest BCUT2D eigenvalue weighted by molar-refractivity contribution is -0.385. The fourth-order valence-corrected chi connectivity index (χ4v) is 4.48. The quantitative estimate of drug-likeness (QED) is 0.102. The number of nitro groups is 1. The van der Waals surface area contributed by atoms with Gasteiger partial charge in [-0.15, -0.1) is 0 Å². The van der Waals surface area contributed by atoms with E-state index in [0.717, 1.165) is 0 Å². The van der Waals surface area contributed by atoms with Crippen molar-refractivity contribution in [1.29, 1.82) is 0 Å². The standard InChI is InChI=1S/C23H16Br3N3O7/c1-34-17-4-2-3-13(8-17)23(31)36-22-14(7-16(25)9-18(22)26)11-27-28-21(30)12-35-20-6-5-15(24)10-19(20)29(32)33/h2-11H,12H2,1H3,(H,28,30). The van der Waals surface area contributed by atoms with Crippen molar-refractivity contribution in [2.45, 2.75) is 0 Å². The molecule has 0 radical (unpaired) electrons. The molecule has 0 saturated carbocycles. The van der Waals surface area contributed by atoms with Crippen molar-refractivity contribution >= 4 is 71.6 Å². The van der Waals surface area contributed by atoms with Crippen LogP contribution in [0.1, 0.15) is 15.9 Å². The number of methoxy groups -OCH3 is 1. The SMILES string of the molecule is COc1cccc(C(=O)Oc2c(Br)cc(Br)cc2C=NNC(=O)COc2ccc(Br)cc2[N+](=O)[O-])c1. The number of hydrazone groups is 1. The maximum Gasteiger partial charge on any atom is 0.343 e. The molecule has 0 aliphatic carbocycles. The molecule has 36 heavy (non-hydrogen) atoms. The van der Waals surface area contributed by atoms with E-state index >= 15 is 0 Å². The Labute approximate surface area is 230 Å². The van der Waals surface area contributed by atoms with Crippen LogP contribution in [0.3, 0.4) is 0 Å². The van der Waals surface area contributed by atoms with Gasteiger partial charge in [0.1, 0.15) is 5.75 Å². The molecule has 0 saturated heterocycles. The first kappa shape index (κ1) is 27.3. The highest BCUT2D eigenvalue weighted by molar-refractivity contribution is 9.11. The molecular weight excluding hydrogens is 670 g/mol. The summed E-state index contributed by atoms with van der Waals surface area (Å²) < 4.78 is 17.6. The second-order valence-corrected chi connectivity index (χ2v) is 9.56. The summed E-state index contributed by atoms with van der Waals surface area (Å²) in [4.78, 5) is 35.4. The van der Waals surface area contributed by atoms with Crippen molar-refractivity contribution in [1.82, 2.24) is 5.43 Å². The van der Waals surface area contributed by atoms with Gasteiger partial charge < -0.3 is 14.2 Å². The number of benzene rings is 3. The molecule has 0 atom stereocenters. The monoisotopic (exact) mass is 683 g/mol. The smallest absolute Gasteiger partial charge is 0.343 e. The van der Waals surface area contributed by atoms with Gasteiger partial charge >= 0.3 is 11.7 Å². The van der Waals surface area contributed by atoms with Crippen LogP contribution in [0, 0.1) is 10.1 Å². The number of nitro benzene ring substituents is 1. The number of esters is 1. The topological polar surface area (TPSA) is 129 Å². The number of carbonyl (C=O) groups is 2. The molecule has 0 aromatic heterocycles. The van der Waals surface area contributed by atoms with E-state index in [4.69, 9.17) is 14.2 Å². The largest absolute Gasteiger partial charge is 0.497 e. The highest BCUT2D eigenvalue weighted by Crippen LogP contribution is 2.33. The molecule has 0 heterocycles. The number of hydrogen-bond donors (Lipinski definition) is 1. The average molecular weight is 686 g/mol. The number of nitrogens with zero attached hydrogens (tertiary/aromatic N) is 2. The summed E-state index contributed by atoms with van der Waals surface area (Å²) >= 11 is 9.87. The zero-order valence-corrected chi connectivity index (χ0v) is 23.1. The highest BCUT2D eigenvalue weighted by Gasteiger charge is 2.18. The number of halogens is 3. The normalized spacial score (nSPS) is 10.7. The van der Waals surface area contributed by atoms with Gasteiger partial charge in [-0.3, -0.25) is 14.9 Å². The minimum Gasteiger partial charge on any atom is -0.497 e. The molecule has 3 rings (SSSR count). The Hall–Kier alpha value is -3.29. The van der Waals surface area contributed by atoms with Gasteiger partial charge in [-0.05, 0) is 58.4 Å². The van der Waals surface area contributed by atoms with Crippen LogP contribution < -0.4 is 19.6 Å². The van der Waals surface area contributed by atoms with Crippen LogP contribution in [0.15, 0.2) is 73.1 Å². The minimum absolute atomic E-state index is 0.0648. The summed E-state index contributed by atoms with van der Waals surface area (Å²) in [6.45, 7) is -0.514. The molecule has 0 aliphatic rings. The first-order valence-electron chi connectivity index (χ1n) is 9.92. The van der Waals surface area contributed by atoms with Crippen molar-refractivity contribution in [2.75, 3.05) is 13.7 Å². The Morgan fingerprint density at radius 1 is 1.08 bits per heavy atom.